The fraction of sp³-hybridized carbons (Fsp3) is 1.00. The normalized spacial score (nSPS) is 11.5. The fourth-order valence-electron chi connectivity index (χ4n) is 0.882. The molecule has 0 aliphatic rings. The van der Waals surface area contributed by atoms with Crippen LogP contribution in [0, 0.1) is 0 Å². The van der Waals surface area contributed by atoms with E-state index in [-0.39, 0.29) is 19.5 Å². The maximum atomic E-state index is 8.00. The highest BCUT2D eigenvalue weighted by molar-refractivity contribution is 6.42. The third kappa shape index (κ3) is 11.7. The van der Waals surface area contributed by atoms with Crippen LogP contribution in [0.2, 0.25) is 12.1 Å². The van der Waals surface area contributed by atoms with Crippen LogP contribution in [0.25, 0.3) is 10.4 Å². The number of nitrogens with two attached hydrogens (primary N) is 1. The molecule has 0 radical (unpaired) electrons. The quantitative estimate of drug-likeness (QED) is 0.195. The van der Waals surface area contributed by atoms with Gasteiger partial charge in [0, 0.05) is 11.5 Å². The summed E-state index contributed by atoms with van der Waals surface area (Å²) in [4.78, 5) is 2.69. The van der Waals surface area contributed by atoms with Gasteiger partial charge in [-0.15, -0.1) is 0 Å². The van der Waals surface area contributed by atoms with Gasteiger partial charge in [-0.05, 0) is 37.0 Å². The average Bonchev–Trinajstić information content (AvgIpc) is 2.16. The molecule has 0 unspecified atom stereocenters. The van der Waals surface area contributed by atoms with Gasteiger partial charge in [0.05, 0.1) is 0 Å². The fourth-order valence-corrected chi connectivity index (χ4v) is 4.25. The van der Waals surface area contributed by atoms with Crippen LogP contribution in [0.1, 0.15) is 12.8 Å². The highest BCUT2D eigenvalue weighted by Gasteiger charge is 1.90. The van der Waals surface area contributed by atoms with Crippen LogP contribution in [0.4, 0.5) is 0 Å². The highest BCUT2D eigenvalue weighted by Crippen LogP contribution is 1.92. The van der Waals surface area contributed by atoms with Crippen molar-refractivity contribution in [1.82, 2.24) is 0 Å². The van der Waals surface area contributed by atoms with Crippen LogP contribution < -0.4 is 5.73 Å². The Kier molecular flexibility index (Phi) is 11.4. The molecule has 0 aliphatic carbocycles. The molecule has 0 aliphatic heterocycles. The third-order valence-corrected chi connectivity index (χ3v) is 5.49. The summed E-state index contributed by atoms with van der Waals surface area (Å²) < 4.78 is 5.60. The van der Waals surface area contributed by atoms with Crippen LogP contribution in [0.3, 0.4) is 0 Å². The Morgan fingerprint density at radius 3 is 2.62 bits per heavy atom. The second kappa shape index (κ2) is 11.7. The topological polar surface area (TPSA) is 84.0 Å². The minimum atomic E-state index is -0.307. The van der Waals surface area contributed by atoms with Crippen LogP contribution >= 0.6 is 0 Å². The molecular weight excluding hydrogens is 200 g/mol. The zero-order valence-corrected chi connectivity index (χ0v) is 10.8. The van der Waals surface area contributed by atoms with E-state index < -0.39 is 0 Å². The molecule has 0 aromatic carbocycles. The lowest BCUT2D eigenvalue weighted by molar-refractivity contribution is 0.624. The number of hydrogen-bond acceptors (Lipinski definition) is 3. The number of nitrogens with zero attached hydrogens (tertiary/aromatic N) is 3. The van der Waals surface area contributed by atoms with Crippen molar-refractivity contribution in [2.75, 3.05) is 13.1 Å². The lowest BCUT2D eigenvalue weighted by atomic mass is 10.5. The van der Waals surface area contributed by atoms with Crippen molar-refractivity contribution in [2.24, 2.45) is 10.8 Å². The van der Waals surface area contributed by atoms with E-state index in [9.17, 15) is 0 Å². The first-order chi connectivity index (χ1) is 6.41. The SMILES string of the molecule is [N-]=[N+]=NCCC[SiH2]O[SiH2]CCCN. The Hall–Kier alpha value is -0.336. The van der Waals surface area contributed by atoms with Crippen LogP contribution in [0.5, 0.6) is 0 Å². The minimum Gasteiger partial charge on any atom is -0.465 e. The first-order valence-electron chi connectivity index (χ1n) is 4.70. The molecule has 0 rings (SSSR count). The van der Waals surface area contributed by atoms with E-state index in [1.165, 1.54) is 6.04 Å². The highest BCUT2D eigenvalue weighted by atomic mass is 28.3. The Morgan fingerprint density at radius 1 is 1.31 bits per heavy atom. The summed E-state index contributed by atoms with van der Waals surface area (Å²) in [5.74, 6) is 0. The van der Waals surface area contributed by atoms with Crippen molar-refractivity contribution >= 4 is 19.5 Å². The molecule has 2 N–H and O–H groups in total. The maximum absolute atomic E-state index is 8.00. The number of azide groups is 1. The Balaban J connectivity index is 2.87. The summed E-state index contributed by atoms with van der Waals surface area (Å²) in [5.41, 5.74) is 13.4. The number of rotatable bonds is 9. The van der Waals surface area contributed by atoms with Crippen molar-refractivity contribution in [2.45, 2.75) is 24.9 Å². The first kappa shape index (κ1) is 12.7. The van der Waals surface area contributed by atoms with E-state index in [1.807, 2.05) is 0 Å². The second-order valence-electron chi connectivity index (χ2n) is 2.77. The van der Waals surface area contributed by atoms with E-state index >= 15 is 0 Å². The summed E-state index contributed by atoms with van der Waals surface area (Å²) in [7, 11) is -0.568. The van der Waals surface area contributed by atoms with Gasteiger partial charge in [-0.25, -0.2) is 0 Å². The van der Waals surface area contributed by atoms with Crippen molar-refractivity contribution < 1.29 is 4.12 Å². The lowest BCUT2D eigenvalue weighted by Crippen LogP contribution is -2.06. The Morgan fingerprint density at radius 2 is 2.00 bits per heavy atom. The third-order valence-electron chi connectivity index (χ3n) is 1.60. The summed E-state index contributed by atoms with van der Waals surface area (Å²) in [5, 5.41) is 3.46. The molecule has 0 fully saturated rings. The Bertz CT molecular complexity index is 152. The van der Waals surface area contributed by atoms with Gasteiger partial charge in [-0.1, -0.05) is 5.11 Å². The van der Waals surface area contributed by atoms with E-state index in [1.54, 1.807) is 0 Å². The predicted molar refractivity (Wildman–Crippen MR) is 60.1 cm³/mol. The van der Waals surface area contributed by atoms with Gasteiger partial charge in [0.15, 0.2) is 0 Å². The molecule has 0 bridgehead atoms. The largest absolute Gasteiger partial charge is 0.465 e. The zero-order chi connectivity index (χ0) is 9.78. The number of hydrogen-bond donors (Lipinski definition) is 1. The maximum Gasteiger partial charge on any atom is 0.146 e. The molecule has 0 heterocycles. The smallest absolute Gasteiger partial charge is 0.146 e. The lowest BCUT2D eigenvalue weighted by Gasteiger charge is -2.01. The minimum absolute atomic E-state index is 0.261. The molecule has 0 amide bonds. The van der Waals surface area contributed by atoms with E-state index in [0.717, 1.165) is 25.4 Å². The molecule has 0 saturated heterocycles. The molecular formula is C6H18N4OSi2. The van der Waals surface area contributed by atoms with Crippen LogP contribution in [0.15, 0.2) is 5.11 Å². The van der Waals surface area contributed by atoms with Crippen LogP contribution in [-0.4, -0.2) is 32.6 Å². The molecule has 0 atom stereocenters. The summed E-state index contributed by atoms with van der Waals surface area (Å²) in [6.07, 6.45) is 2.10. The van der Waals surface area contributed by atoms with Gasteiger partial charge >= 0.3 is 0 Å². The molecule has 5 nitrogen and oxygen atoms in total. The molecule has 13 heavy (non-hydrogen) atoms. The van der Waals surface area contributed by atoms with Crippen molar-refractivity contribution in [1.29, 1.82) is 0 Å². The summed E-state index contributed by atoms with van der Waals surface area (Å²) in [6.45, 7) is 1.41. The summed E-state index contributed by atoms with van der Waals surface area (Å²) in [6, 6.07) is 2.34. The second-order valence-corrected chi connectivity index (χ2v) is 6.63. The van der Waals surface area contributed by atoms with Gasteiger partial charge < -0.3 is 9.85 Å². The molecule has 0 aromatic rings. The van der Waals surface area contributed by atoms with Crippen molar-refractivity contribution in [3.05, 3.63) is 10.4 Å². The molecule has 7 heteroatoms. The van der Waals surface area contributed by atoms with Crippen molar-refractivity contribution in [3.63, 3.8) is 0 Å². The Labute approximate surface area is 83.5 Å². The molecule has 0 aromatic heterocycles. The molecule has 0 saturated carbocycles. The molecule has 76 valence electrons. The van der Waals surface area contributed by atoms with E-state index in [4.69, 9.17) is 15.4 Å². The van der Waals surface area contributed by atoms with Crippen molar-refractivity contribution in [3.8, 4) is 0 Å². The van der Waals surface area contributed by atoms with E-state index in [0.29, 0.717) is 6.54 Å². The standard InChI is InChI=1S/C6H18N4OSi2/c7-3-1-5-12-11-13-6-2-4-9-10-8/h1-7,12-13H2. The zero-order valence-electron chi connectivity index (χ0n) is 7.98. The monoisotopic (exact) mass is 218 g/mol. The summed E-state index contributed by atoms with van der Waals surface area (Å²) >= 11 is 0. The van der Waals surface area contributed by atoms with Gasteiger partial charge in [-0.3, -0.25) is 0 Å². The van der Waals surface area contributed by atoms with Gasteiger partial charge in [0.25, 0.3) is 0 Å². The average molecular weight is 218 g/mol. The van der Waals surface area contributed by atoms with Gasteiger partial charge in [0.2, 0.25) is 0 Å². The molecule has 0 spiro atoms. The predicted octanol–water partition coefficient (Wildman–Crippen LogP) is 0.0564. The van der Waals surface area contributed by atoms with Gasteiger partial charge in [0.1, 0.15) is 19.5 Å². The van der Waals surface area contributed by atoms with Gasteiger partial charge in [-0.2, -0.15) is 0 Å². The van der Waals surface area contributed by atoms with Crippen LogP contribution in [-0.2, 0) is 4.12 Å². The first-order valence-corrected chi connectivity index (χ1v) is 7.86. The van der Waals surface area contributed by atoms with E-state index in [2.05, 4.69) is 10.0 Å².